The van der Waals surface area contributed by atoms with E-state index in [0.29, 0.717) is 44.3 Å². The summed E-state index contributed by atoms with van der Waals surface area (Å²) in [6.45, 7) is 2.63. The minimum Gasteiger partial charge on any atom is -0.480 e. The molecule has 0 aromatic carbocycles. The first kappa shape index (κ1) is 26.9. The Balaban J connectivity index is 1.02. The highest BCUT2D eigenvalue weighted by molar-refractivity contribution is 5.95. The number of cyclic esters (lactones) is 1. The van der Waals surface area contributed by atoms with Gasteiger partial charge in [-0.1, -0.05) is 0 Å². The number of hydrogen-bond donors (Lipinski definition) is 2. The highest BCUT2D eigenvalue weighted by atomic mass is 19.1. The Morgan fingerprint density at radius 1 is 1.14 bits per heavy atom. The number of fused-ring (bicyclic) bond motifs is 2. The Morgan fingerprint density at radius 2 is 1.93 bits per heavy atom. The van der Waals surface area contributed by atoms with E-state index >= 15 is 4.39 Å². The normalized spacial score (nSPS) is 20.4. The van der Waals surface area contributed by atoms with Crippen molar-refractivity contribution in [1.82, 2.24) is 19.4 Å². The summed E-state index contributed by atoms with van der Waals surface area (Å²) < 4.78 is 32.5. The van der Waals surface area contributed by atoms with Gasteiger partial charge in [0.15, 0.2) is 35.6 Å². The third-order valence-electron chi connectivity index (χ3n) is 7.79. The molecule has 3 aliphatic heterocycles. The van der Waals surface area contributed by atoms with Crippen molar-refractivity contribution in [2.45, 2.75) is 25.0 Å². The van der Waals surface area contributed by atoms with Crippen LogP contribution in [0.4, 0.5) is 31.4 Å². The molecule has 7 rings (SSSR count). The average Bonchev–Trinajstić information content (AvgIpc) is 3.76. The summed E-state index contributed by atoms with van der Waals surface area (Å²) in [6, 6.07) is 4.40. The van der Waals surface area contributed by atoms with Crippen molar-refractivity contribution in [2.24, 2.45) is 0 Å². The zero-order valence-corrected chi connectivity index (χ0v) is 22.7. The van der Waals surface area contributed by atoms with Gasteiger partial charge in [0, 0.05) is 38.8 Å². The van der Waals surface area contributed by atoms with Gasteiger partial charge in [-0.3, -0.25) is 19.4 Å². The number of carbonyl (C=O) groups is 3. The van der Waals surface area contributed by atoms with E-state index in [2.05, 4.69) is 24.9 Å². The quantitative estimate of drug-likeness (QED) is 0.397. The maximum Gasteiger partial charge on any atom is 0.511 e. The first-order chi connectivity index (χ1) is 20.7. The predicted octanol–water partition coefficient (Wildman–Crippen LogP) is 1.80. The lowest BCUT2D eigenvalue weighted by Crippen LogP contribution is -2.49. The second kappa shape index (κ2) is 10.4. The van der Waals surface area contributed by atoms with Gasteiger partial charge >= 0.3 is 12.2 Å². The van der Waals surface area contributed by atoms with Crippen molar-refractivity contribution >= 4 is 46.6 Å². The monoisotopic (exact) mass is 595 g/mol. The van der Waals surface area contributed by atoms with E-state index in [1.54, 1.807) is 21.6 Å². The van der Waals surface area contributed by atoms with Gasteiger partial charge in [-0.25, -0.2) is 23.9 Å². The lowest BCUT2D eigenvalue weighted by atomic mass is 10.2. The number of piperazine rings is 1. The molecule has 224 valence electrons. The van der Waals surface area contributed by atoms with Gasteiger partial charge in [0.1, 0.15) is 17.6 Å². The Labute approximate surface area is 242 Å². The highest BCUT2D eigenvalue weighted by Gasteiger charge is 2.36. The van der Waals surface area contributed by atoms with Crippen molar-refractivity contribution in [3.63, 3.8) is 0 Å². The van der Waals surface area contributed by atoms with Gasteiger partial charge in [0.2, 0.25) is 5.43 Å². The molecule has 0 unspecified atom stereocenters. The molecule has 0 bridgehead atoms. The molecule has 16 heteroatoms. The summed E-state index contributed by atoms with van der Waals surface area (Å²) >= 11 is 0. The zero-order valence-electron chi connectivity index (χ0n) is 22.7. The fourth-order valence-corrected chi connectivity index (χ4v) is 5.57. The van der Waals surface area contributed by atoms with E-state index in [1.807, 2.05) is 0 Å². The van der Waals surface area contributed by atoms with Gasteiger partial charge < -0.3 is 34.1 Å². The SMILES string of the molecule is O=C1COc2ccc(N3C[C@H](CN4CCN(c5nc6c(cc5F)c(=O)c(OC(=O)O)cn6C5CC5)CC4)OC3=O)nc2N1. The van der Waals surface area contributed by atoms with Crippen molar-refractivity contribution in [3.05, 3.63) is 40.4 Å². The third-order valence-corrected chi connectivity index (χ3v) is 7.79. The number of amides is 2. The molecule has 2 amide bonds. The van der Waals surface area contributed by atoms with Gasteiger partial charge in [-0.15, -0.1) is 0 Å². The molecule has 3 fully saturated rings. The molecule has 6 heterocycles. The Morgan fingerprint density at radius 3 is 2.67 bits per heavy atom. The van der Waals surface area contributed by atoms with Gasteiger partial charge in [0.25, 0.3) is 5.91 Å². The molecule has 0 spiro atoms. The van der Waals surface area contributed by atoms with E-state index in [-0.39, 0.29) is 53.5 Å². The molecule has 0 radical (unpaired) electrons. The predicted molar refractivity (Wildman–Crippen MR) is 148 cm³/mol. The van der Waals surface area contributed by atoms with E-state index in [9.17, 15) is 19.2 Å². The van der Waals surface area contributed by atoms with Crippen LogP contribution < -0.4 is 30.0 Å². The van der Waals surface area contributed by atoms with Crippen molar-refractivity contribution in [1.29, 1.82) is 0 Å². The molecular weight excluding hydrogens is 569 g/mol. The van der Waals surface area contributed by atoms with E-state index in [4.69, 9.17) is 14.6 Å². The standard InChI is InChI=1S/C27H26FN7O8/c28-17-9-16-22(37)19(43-27(39)40)12-34(14-1-2-14)24(16)31-25(17)33-7-5-32(6-8-33)10-15-11-35(26(38)42-15)20-4-3-18-23(29-20)30-21(36)13-41-18/h3-4,9,12,14-15H,1-2,5-8,10-11,13H2,(H,39,40)(H,29,30,36)/t15-/m0/s1. The molecule has 1 atom stereocenters. The van der Waals surface area contributed by atoms with E-state index in [1.165, 1.54) is 11.1 Å². The summed E-state index contributed by atoms with van der Waals surface area (Å²) in [6.07, 6.45) is 0.400. The molecule has 1 saturated carbocycles. The lowest BCUT2D eigenvalue weighted by Gasteiger charge is -2.36. The van der Waals surface area contributed by atoms with Crippen molar-refractivity contribution in [2.75, 3.05) is 61.0 Å². The molecule has 43 heavy (non-hydrogen) atoms. The second-order valence-electron chi connectivity index (χ2n) is 10.8. The van der Waals surface area contributed by atoms with Crippen molar-refractivity contribution in [3.8, 4) is 11.5 Å². The molecular formula is C27H26FN7O8. The fraction of sp³-hybridized carbons (Fsp3) is 0.407. The summed E-state index contributed by atoms with van der Waals surface area (Å²) in [5, 5.41) is 11.6. The molecule has 1 aliphatic carbocycles. The summed E-state index contributed by atoms with van der Waals surface area (Å²) in [5.41, 5.74) is -0.454. The Hall–Kier alpha value is -4.99. The summed E-state index contributed by atoms with van der Waals surface area (Å²) in [4.78, 5) is 62.3. The van der Waals surface area contributed by atoms with Gasteiger partial charge in [-0.05, 0) is 31.0 Å². The minimum atomic E-state index is -1.62. The average molecular weight is 596 g/mol. The Kier molecular flexibility index (Phi) is 6.49. The number of ether oxygens (including phenoxy) is 3. The number of aromatic nitrogens is 3. The van der Waals surface area contributed by atoms with Crippen molar-refractivity contribution < 1.29 is 38.1 Å². The number of nitrogens with zero attached hydrogens (tertiary/aromatic N) is 6. The first-order valence-electron chi connectivity index (χ1n) is 13.8. The fourth-order valence-electron chi connectivity index (χ4n) is 5.57. The maximum atomic E-state index is 15.3. The van der Waals surface area contributed by atoms with Crippen LogP contribution in [0.2, 0.25) is 0 Å². The van der Waals surface area contributed by atoms with Gasteiger partial charge in [0.05, 0.1) is 18.1 Å². The third kappa shape index (κ3) is 5.13. The summed E-state index contributed by atoms with van der Waals surface area (Å²) in [5.74, 6) is -0.272. The number of pyridine rings is 3. The van der Waals surface area contributed by atoms with E-state index < -0.39 is 29.6 Å². The molecule has 4 aliphatic rings. The Bertz CT molecular complexity index is 1720. The topological polar surface area (TPSA) is 169 Å². The highest BCUT2D eigenvalue weighted by Crippen LogP contribution is 2.38. The number of halogens is 1. The van der Waals surface area contributed by atoms with Crippen LogP contribution in [0.25, 0.3) is 11.0 Å². The number of carbonyl (C=O) groups excluding carboxylic acids is 2. The zero-order chi connectivity index (χ0) is 29.8. The van der Waals surface area contributed by atoms with Crippen LogP contribution in [0.1, 0.15) is 18.9 Å². The largest absolute Gasteiger partial charge is 0.511 e. The van der Waals surface area contributed by atoms with Crippen LogP contribution in [0.15, 0.2) is 29.2 Å². The second-order valence-corrected chi connectivity index (χ2v) is 10.8. The van der Waals surface area contributed by atoms with Gasteiger partial charge in [-0.2, -0.15) is 0 Å². The number of carboxylic acid groups (broad SMARTS) is 1. The summed E-state index contributed by atoms with van der Waals surface area (Å²) in [7, 11) is 0. The number of nitrogens with one attached hydrogen (secondary N) is 1. The number of anilines is 3. The molecule has 2 N–H and O–H groups in total. The molecule has 3 aromatic heterocycles. The smallest absolute Gasteiger partial charge is 0.480 e. The molecule has 2 saturated heterocycles. The maximum absolute atomic E-state index is 15.3. The molecule has 15 nitrogen and oxygen atoms in total. The number of hydrogen-bond acceptors (Lipinski definition) is 11. The number of rotatable bonds is 6. The van der Waals surface area contributed by atoms with Crippen LogP contribution in [0.3, 0.4) is 0 Å². The van der Waals surface area contributed by atoms with E-state index in [0.717, 1.165) is 18.9 Å². The van der Waals surface area contributed by atoms with Crippen LogP contribution in [-0.4, -0.2) is 94.7 Å². The first-order valence-corrected chi connectivity index (χ1v) is 13.8. The lowest BCUT2D eigenvalue weighted by molar-refractivity contribution is -0.118. The van der Waals surface area contributed by atoms with Crippen LogP contribution in [0, 0.1) is 5.82 Å². The molecule has 3 aromatic rings. The van der Waals surface area contributed by atoms with Crippen LogP contribution in [-0.2, 0) is 9.53 Å². The van der Waals surface area contributed by atoms with Crippen LogP contribution in [0.5, 0.6) is 11.5 Å². The minimum absolute atomic E-state index is 0.0270. The van der Waals surface area contributed by atoms with Crippen LogP contribution >= 0.6 is 0 Å².